The molecule has 3 rings (SSSR count). The van der Waals surface area contributed by atoms with Crippen LogP contribution in [0.4, 0.5) is 0 Å². The summed E-state index contributed by atoms with van der Waals surface area (Å²) in [5.74, 6) is 0.00992. The van der Waals surface area contributed by atoms with Crippen molar-refractivity contribution in [3.63, 3.8) is 0 Å². The van der Waals surface area contributed by atoms with Gasteiger partial charge in [-0.1, -0.05) is 6.07 Å². The smallest absolute Gasteiger partial charge is 0.251 e. The molecule has 0 saturated carbocycles. The van der Waals surface area contributed by atoms with Crippen LogP contribution in [0.15, 0.2) is 39.4 Å². The largest absolute Gasteiger partial charge is 0.436 e. The lowest BCUT2D eigenvalue weighted by Gasteiger charge is -1.93. The number of thiophene rings is 1. The molecule has 0 bridgehead atoms. The molecule has 0 radical (unpaired) electrons. The van der Waals surface area contributed by atoms with E-state index in [1.54, 1.807) is 29.5 Å². The van der Waals surface area contributed by atoms with Gasteiger partial charge in [0.05, 0.1) is 5.56 Å². The van der Waals surface area contributed by atoms with Gasteiger partial charge in [-0.25, -0.2) is 4.98 Å². The minimum atomic E-state index is -0.499. The molecule has 1 aromatic carbocycles. The molecule has 0 fully saturated rings. The zero-order valence-corrected chi connectivity index (χ0v) is 9.53. The predicted octanol–water partition coefficient (Wildman–Crippen LogP) is 2.66. The van der Waals surface area contributed by atoms with Crippen molar-refractivity contribution in [2.75, 3.05) is 0 Å². The van der Waals surface area contributed by atoms with Crippen molar-refractivity contribution in [2.45, 2.75) is 0 Å². The van der Waals surface area contributed by atoms with E-state index in [9.17, 15) is 4.79 Å². The van der Waals surface area contributed by atoms with Crippen molar-refractivity contribution in [1.82, 2.24) is 4.98 Å². The van der Waals surface area contributed by atoms with Gasteiger partial charge in [0.25, 0.3) is 5.91 Å². The lowest BCUT2D eigenvalue weighted by molar-refractivity contribution is 0.100. The Balaban J connectivity index is 2.26. The summed E-state index contributed by atoms with van der Waals surface area (Å²) in [6.07, 6.45) is 0. The molecule has 0 spiro atoms. The molecule has 84 valence electrons. The van der Waals surface area contributed by atoms with Crippen molar-refractivity contribution in [3.8, 4) is 11.5 Å². The van der Waals surface area contributed by atoms with Gasteiger partial charge in [0, 0.05) is 10.9 Å². The molecule has 0 atom stereocenters. The Morgan fingerprint density at radius 2 is 2.24 bits per heavy atom. The molecule has 3 aromatic rings. The lowest BCUT2D eigenvalue weighted by atomic mass is 10.2. The normalized spacial score (nSPS) is 10.8. The van der Waals surface area contributed by atoms with Crippen LogP contribution in [0.3, 0.4) is 0 Å². The molecule has 2 N–H and O–H groups in total. The number of para-hydroxylation sites is 1. The van der Waals surface area contributed by atoms with Crippen LogP contribution >= 0.6 is 11.3 Å². The summed E-state index contributed by atoms with van der Waals surface area (Å²) in [5, 5.41) is 3.88. The molecule has 4 nitrogen and oxygen atoms in total. The number of carbonyl (C=O) groups is 1. The Hall–Kier alpha value is -2.14. The molecule has 17 heavy (non-hydrogen) atoms. The molecule has 1 amide bonds. The van der Waals surface area contributed by atoms with E-state index in [2.05, 4.69) is 4.98 Å². The highest BCUT2D eigenvalue weighted by molar-refractivity contribution is 7.08. The van der Waals surface area contributed by atoms with E-state index < -0.39 is 5.91 Å². The number of rotatable bonds is 2. The Labute approximate surface area is 101 Å². The quantitative estimate of drug-likeness (QED) is 0.753. The minimum Gasteiger partial charge on any atom is -0.436 e. The van der Waals surface area contributed by atoms with E-state index in [0.717, 1.165) is 5.56 Å². The summed E-state index contributed by atoms with van der Waals surface area (Å²) in [5.41, 5.74) is 7.66. The highest BCUT2D eigenvalue weighted by atomic mass is 32.1. The zero-order chi connectivity index (χ0) is 11.8. The second-order valence-corrected chi connectivity index (χ2v) is 4.33. The van der Waals surface area contributed by atoms with Gasteiger partial charge in [-0.05, 0) is 23.6 Å². The Morgan fingerprint density at radius 3 is 2.94 bits per heavy atom. The van der Waals surface area contributed by atoms with Crippen molar-refractivity contribution < 1.29 is 9.21 Å². The molecule has 0 saturated heterocycles. The average molecular weight is 244 g/mol. The van der Waals surface area contributed by atoms with Gasteiger partial charge in [0.15, 0.2) is 5.58 Å². The second-order valence-electron chi connectivity index (χ2n) is 3.55. The maximum Gasteiger partial charge on any atom is 0.251 e. The first-order valence-electron chi connectivity index (χ1n) is 4.97. The molecular formula is C12H8N2O2S. The van der Waals surface area contributed by atoms with Crippen molar-refractivity contribution in [3.05, 3.63) is 40.6 Å². The molecule has 0 unspecified atom stereocenters. The van der Waals surface area contributed by atoms with E-state index >= 15 is 0 Å². The van der Waals surface area contributed by atoms with Crippen molar-refractivity contribution in [2.24, 2.45) is 5.73 Å². The summed E-state index contributed by atoms with van der Waals surface area (Å²) >= 11 is 1.56. The molecule has 0 aliphatic heterocycles. The van der Waals surface area contributed by atoms with Gasteiger partial charge in [-0.3, -0.25) is 4.79 Å². The first-order valence-corrected chi connectivity index (χ1v) is 5.92. The summed E-state index contributed by atoms with van der Waals surface area (Å²) in [6, 6.07) is 7.06. The first-order chi connectivity index (χ1) is 8.25. The summed E-state index contributed by atoms with van der Waals surface area (Å²) in [4.78, 5) is 15.6. The molecule has 2 heterocycles. The van der Waals surface area contributed by atoms with Crippen molar-refractivity contribution in [1.29, 1.82) is 0 Å². The van der Waals surface area contributed by atoms with Gasteiger partial charge >= 0.3 is 0 Å². The third kappa shape index (κ3) is 1.60. The molecule has 5 heteroatoms. The molecule has 0 aliphatic carbocycles. The SMILES string of the molecule is NC(=O)c1cccc2oc(-c3ccsc3)nc12. The number of aromatic nitrogens is 1. The van der Waals surface area contributed by atoms with Crippen LogP contribution in [0, 0.1) is 0 Å². The summed E-state index contributed by atoms with van der Waals surface area (Å²) in [6.45, 7) is 0. The summed E-state index contributed by atoms with van der Waals surface area (Å²) < 4.78 is 5.59. The van der Waals surface area contributed by atoms with Gasteiger partial charge < -0.3 is 10.2 Å². The Kier molecular flexibility index (Phi) is 2.19. The monoisotopic (exact) mass is 244 g/mol. The molecular weight excluding hydrogens is 236 g/mol. The van der Waals surface area contributed by atoms with Crippen LogP contribution in [-0.4, -0.2) is 10.9 Å². The number of nitrogens with zero attached hydrogens (tertiary/aromatic N) is 1. The van der Waals surface area contributed by atoms with Crippen LogP contribution in [0.25, 0.3) is 22.6 Å². The van der Waals surface area contributed by atoms with Gasteiger partial charge in [0.2, 0.25) is 5.89 Å². The molecule has 0 aliphatic rings. The molecule has 2 aromatic heterocycles. The fourth-order valence-electron chi connectivity index (χ4n) is 1.66. The number of nitrogens with two attached hydrogens (primary N) is 1. The highest BCUT2D eigenvalue weighted by Gasteiger charge is 2.14. The maximum atomic E-state index is 11.3. The minimum absolute atomic E-state index is 0.382. The van der Waals surface area contributed by atoms with Crippen LogP contribution in [-0.2, 0) is 0 Å². The van der Waals surface area contributed by atoms with Gasteiger partial charge in [-0.2, -0.15) is 11.3 Å². The van der Waals surface area contributed by atoms with Crippen LogP contribution in [0.1, 0.15) is 10.4 Å². The van der Waals surface area contributed by atoms with Gasteiger partial charge in [0.1, 0.15) is 5.52 Å². The van der Waals surface area contributed by atoms with E-state index in [1.165, 1.54) is 0 Å². The number of oxazole rings is 1. The second kappa shape index (κ2) is 3.71. The number of fused-ring (bicyclic) bond motifs is 1. The Morgan fingerprint density at radius 1 is 1.35 bits per heavy atom. The van der Waals surface area contributed by atoms with E-state index in [1.807, 2.05) is 16.8 Å². The standard InChI is InChI=1S/C12H8N2O2S/c13-11(15)8-2-1-3-9-10(8)14-12(16-9)7-4-5-17-6-7/h1-6H,(H2,13,15). The van der Waals surface area contributed by atoms with Crippen LogP contribution < -0.4 is 5.73 Å². The maximum absolute atomic E-state index is 11.3. The topological polar surface area (TPSA) is 69.1 Å². The highest BCUT2D eigenvalue weighted by Crippen LogP contribution is 2.27. The summed E-state index contributed by atoms with van der Waals surface area (Å²) in [7, 11) is 0. The Bertz CT molecular complexity index is 686. The fourth-order valence-corrected chi connectivity index (χ4v) is 2.29. The van der Waals surface area contributed by atoms with Crippen LogP contribution in [0.5, 0.6) is 0 Å². The third-order valence-electron chi connectivity index (χ3n) is 2.45. The van der Waals surface area contributed by atoms with Gasteiger partial charge in [-0.15, -0.1) is 0 Å². The van der Waals surface area contributed by atoms with Crippen molar-refractivity contribution >= 4 is 28.3 Å². The van der Waals surface area contributed by atoms with E-state index in [-0.39, 0.29) is 0 Å². The number of carbonyl (C=O) groups excluding carboxylic acids is 1. The van der Waals surface area contributed by atoms with E-state index in [4.69, 9.17) is 10.2 Å². The average Bonchev–Trinajstić information content (AvgIpc) is 2.96. The lowest BCUT2D eigenvalue weighted by Crippen LogP contribution is -2.11. The number of benzene rings is 1. The zero-order valence-electron chi connectivity index (χ0n) is 8.71. The van der Waals surface area contributed by atoms with Crippen LogP contribution in [0.2, 0.25) is 0 Å². The number of amides is 1. The fraction of sp³-hybridized carbons (Fsp3) is 0. The third-order valence-corrected chi connectivity index (χ3v) is 3.14. The number of hydrogen-bond acceptors (Lipinski definition) is 4. The predicted molar refractivity (Wildman–Crippen MR) is 65.8 cm³/mol. The van der Waals surface area contributed by atoms with E-state index in [0.29, 0.717) is 22.6 Å². The first kappa shape index (κ1) is 10.0. The number of hydrogen-bond donors (Lipinski definition) is 1. The number of primary amides is 1.